The van der Waals surface area contributed by atoms with Crippen molar-refractivity contribution in [1.29, 1.82) is 0 Å². The van der Waals surface area contributed by atoms with E-state index >= 15 is 0 Å². The van der Waals surface area contributed by atoms with E-state index in [2.05, 4.69) is 5.32 Å². The fraction of sp³-hybridized carbons (Fsp3) is 0.857. The van der Waals surface area contributed by atoms with Gasteiger partial charge in [0.2, 0.25) is 5.91 Å². The van der Waals surface area contributed by atoms with Crippen molar-refractivity contribution in [2.45, 2.75) is 52.1 Å². The molecule has 1 saturated heterocycles. The van der Waals surface area contributed by atoms with Gasteiger partial charge in [0.25, 0.3) is 0 Å². The van der Waals surface area contributed by atoms with Crippen molar-refractivity contribution in [3.05, 3.63) is 0 Å². The number of nitrogens with one attached hydrogen (secondary N) is 1. The summed E-state index contributed by atoms with van der Waals surface area (Å²) >= 11 is 0. The van der Waals surface area contributed by atoms with Crippen LogP contribution >= 0.6 is 0 Å². The summed E-state index contributed by atoms with van der Waals surface area (Å²) in [5.74, 6) is 0.298. The lowest BCUT2D eigenvalue weighted by molar-refractivity contribution is -0.122. The highest BCUT2D eigenvalue weighted by molar-refractivity contribution is 5.77. The molecule has 1 atom stereocenters. The van der Waals surface area contributed by atoms with Gasteiger partial charge in [-0.25, -0.2) is 4.79 Å². The van der Waals surface area contributed by atoms with Crippen LogP contribution < -0.4 is 11.1 Å². The van der Waals surface area contributed by atoms with E-state index in [0.29, 0.717) is 32.0 Å². The van der Waals surface area contributed by atoms with Gasteiger partial charge < -0.3 is 20.7 Å². The predicted octanol–water partition coefficient (Wildman–Crippen LogP) is 1.10. The van der Waals surface area contributed by atoms with E-state index in [4.69, 9.17) is 10.5 Å². The molecule has 3 N–H and O–H groups in total. The summed E-state index contributed by atoms with van der Waals surface area (Å²) in [7, 11) is 0. The van der Waals surface area contributed by atoms with Gasteiger partial charge in [-0.05, 0) is 25.7 Å². The highest BCUT2D eigenvalue weighted by Gasteiger charge is 2.25. The number of carbonyl (C=O) groups excluding carboxylic acids is 2. The maximum absolute atomic E-state index is 11.8. The third-order valence-electron chi connectivity index (χ3n) is 3.66. The Morgan fingerprint density at radius 3 is 2.45 bits per heavy atom. The molecule has 20 heavy (non-hydrogen) atoms. The van der Waals surface area contributed by atoms with Gasteiger partial charge in [-0.3, -0.25) is 4.79 Å². The van der Waals surface area contributed by atoms with Crippen LogP contribution in [0.1, 0.15) is 40.0 Å². The zero-order valence-electron chi connectivity index (χ0n) is 12.7. The molecular formula is C14H27N3O3. The lowest BCUT2D eigenvalue weighted by Gasteiger charge is -2.31. The Kier molecular flexibility index (Phi) is 6.78. The van der Waals surface area contributed by atoms with Crippen LogP contribution in [0, 0.1) is 5.92 Å². The van der Waals surface area contributed by atoms with Gasteiger partial charge in [0.1, 0.15) is 0 Å². The van der Waals surface area contributed by atoms with Gasteiger partial charge in [0, 0.05) is 31.6 Å². The van der Waals surface area contributed by atoms with E-state index in [0.717, 1.165) is 12.8 Å². The summed E-state index contributed by atoms with van der Waals surface area (Å²) < 4.78 is 4.96. The van der Waals surface area contributed by atoms with Gasteiger partial charge in [0.15, 0.2) is 0 Å². The maximum atomic E-state index is 11.8. The smallest absolute Gasteiger partial charge is 0.409 e. The first-order valence-electron chi connectivity index (χ1n) is 7.40. The molecule has 2 amide bonds. The van der Waals surface area contributed by atoms with Crippen LogP contribution in [0.3, 0.4) is 0 Å². The molecule has 0 saturated carbocycles. The van der Waals surface area contributed by atoms with E-state index in [1.165, 1.54) is 0 Å². The van der Waals surface area contributed by atoms with E-state index in [1.807, 2.05) is 13.8 Å². The number of ether oxygens (including phenoxy) is 1. The Balaban J connectivity index is 2.28. The second kappa shape index (κ2) is 8.09. The molecule has 0 radical (unpaired) electrons. The fourth-order valence-electron chi connectivity index (χ4n) is 2.16. The first kappa shape index (κ1) is 16.8. The molecule has 1 fully saturated rings. The zero-order chi connectivity index (χ0) is 15.1. The molecule has 6 nitrogen and oxygen atoms in total. The van der Waals surface area contributed by atoms with E-state index < -0.39 is 0 Å². The Labute approximate surface area is 121 Å². The highest BCUT2D eigenvalue weighted by Crippen LogP contribution is 2.12. The summed E-state index contributed by atoms with van der Waals surface area (Å²) in [6.45, 7) is 7.46. The molecule has 1 aliphatic heterocycles. The molecular weight excluding hydrogens is 258 g/mol. The minimum Gasteiger partial charge on any atom is -0.450 e. The summed E-state index contributed by atoms with van der Waals surface area (Å²) in [4.78, 5) is 25.1. The number of amides is 2. The first-order chi connectivity index (χ1) is 9.43. The third kappa shape index (κ3) is 5.36. The van der Waals surface area contributed by atoms with Crippen molar-refractivity contribution in [3.63, 3.8) is 0 Å². The van der Waals surface area contributed by atoms with E-state index in [-0.39, 0.29) is 24.1 Å². The minimum absolute atomic E-state index is 0.000727. The normalized spacial score (nSPS) is 17.9. The SMILES string of the molecule is CCOC(=O)N1CCC(NC(=O)CC(N)C(C)C)CC1. The summed E-state index contributed by atoms with van der Waals surface area (Å²) in [6, 6.07) is 0.0298. The van der Waals surface area contributed by atoms with Gasteiger partial charge in [-0.2, -0.15) is 0 Å². The molecule has 0 aromatic heterocycles. The molecule has 1 heterocycles. The average Bonchev–Trinajstić information content (AvgIpc) is 2.39. The number of rotatable bonds is 5. The number of piperidine rings is 1. The largest absolute Gasteiger partial charge is 0.450 e. The van der Waals surface area contributed by atoms with Crippen molar-refractivity contribution in [1.82, 2.24) is 10.2 Å². The number of carbonyl (C=O) groups is 2. The van der Waals surface area contributed by atoms with Crippen molar-refractivity contribution in [2.75, 3.05) is 19.7 Å². The molecule has 6 heteroatoms. The lowest BCUT2D eigenvalue weighted by atomic mass is 10.0. The van der Waals surface area contributed by atoms with E-state index in [1.54, 1.807) is 11.8 Å². The van der Waals surface area contributed by atoms with Crippen LogP contribution in [0.25, 0.3) is 0 Å². The fourth-order valence-corrected chi connectivity index (χ4v) is 2.16. The van der Waals surface area contributed by atoms with Crippen LogP contribution in [0.5, 0.6) is 0 Å². The predicted molar refractivity (Wildman–Crippen MR) is 77.2 cm³/mol. The molecule has 1 rings (SSSR count). The molecule has 0 spiro atoms. The lowest BCUT2D eigenvalue weighted by Crippen LogP contribution is -2.47. The Morgan fingerprint density at radius 2 is 1.95 bits per heavy atom. The van der Waals surface area contributed by atoms with Crippen LogP contribution in [-0.2, 0) is 9.53 Å². The second-order valence-corrected chi connectivity index (χ2v) is 5.64. The number of nitrogens with two attached hydrogens (primary N) is 1. The van der Waals surface area contributed by atoms with Crippen molar-refractivity contribution in [3.8, 4) is 0 Å². The number of hydrogen-bond acceptors (Lipinski definition) is 4. The van der Waals surface area contributed by atoms with Gasteiger partial charge in [-0.15, -0.1) is 0 Å². The first-order valence-corrected chi connectivity index (χ1v) is 7.40. The van der Waals surface area contributed by atoms with Crippen LogP contribution in [0.2, 0.25) is 0 Å². The topological polar surface area (TPSA) is 84.7 Å². The Bertz CT molecular complexity index is 326. The maximum Gasteiger partial charge on any atom is 0.409 e. The van der Waals surface area contributed by atoms with Gasteiger partial charge >= 0.3 is 6.09 Å². The zero-order valence-corrected chi connectivity index (χ0v) is 12.7. The molecule has 0 aromatic carbocycles. The Hall–Kier alpha value is -1.30. The summed E-state index contributed by atoms with van der Waals surface area (Å²) in [5, 5.41) is 3.00. The Morgan fingerprint density at radius 1 is 1.35 bits per heavy atom. The molecule has 0 aliphatic carbocycles. The third-order valence-corrected chi connectivity index (χ3v) is 3.66. The quantitative estimate of drug-likeness (QED) is 0.792. The molecule has 116 valence electrons. The summed E-state index contributed by atoms with van der Waals surface area (Å²) in [6.07, 6.45) is 1.62. The van der Waals surface area contributed by atoms with Crippen molar-refractivity contribution in [2.24, 2.45) is 11.7 Å². The van der Waals surface area contributed by atoms with E-state index in [9.17, 15) is 9.59 Å². The van der Waals surface area contributed by atoms with Crippen molar-refractivity contribution < 1.29 is 14.3 Å². The number of hydrogen-bond donors (Lipinski definition) is 2. The number of nitrogens with zero attached hydrogens (tertiary/aromatic N) is 1. The highest BCUT2D eigenvalue weighted by atomic mass is 16.6. The molecule has 0 aromatic rings. The minimum atomic E-state index is -0.265. The molecule has 0 bridgehead atoms. The average molecular weight is 285 g/mol. The molecule has 1 unspecified atom stereocenters. The standard InChI is InChI=1S/C14H27N3O3/c1-4-20-14(19)17-7-5-11(6-8-17)16-13(18)9-12(15)10(2)3/h10-12H,4-9,15H2,1-3H3,(H,16,18). The van der Waals surface area contributed by atoms with Gasteiger partial charge in [-0.1, -0.05) is 13.8 Å². The van der Waals surface area contributed by atoms with Crippen LogP contribution in [0.4, 0.5) is 4.79 Å². The van der Waals surface area contributed by atoms with Crippen LogP contribution in [0.15, 0.2) is 0 Å². The monoisotopic (exact) mass is 285 g/mol. The molecule has 1 aliphatic rings. The summed E-state index contributed by atoms with van der Waals surface area (Å²) in [5.41, 5.74) is 5.89. The van der Waals surface area contributed by atoms with Crippen molar-refractivity contribution >= 4 is 12.0 Å². The number of likely N-dealkylation sites (tertiary alicyclic amines) is 1. The van der Waals surface area contributed by atoms with Gasteiger partial charge in [0.05, 0.1) is 6.61 Å². The van der Waals surface area contributed by atoms with Crippen LogP contribution in [-0.4, -0.2) is 48.7 Å². The second-order valence-electron chi connectivity index (χ2n) is 5.64.